The lowest BCUT2D eigenvalue weighted by atomic mass is 10.1. The maximum atomic E-state index is 12.8. The Labute approximate surface area is 140 Å². The van der Waals surface area contributed by atoms with Crippen molar-refractivity contribution in [2.75, 3.05) is 0 Å². The molecule has 0 aliphatic heterocycles. The average molecular weight is 325 g/mol. The molecule has 0 radical (unpaired) electrons. The number of rotatable bonds is 5. The molecule has 1 amide bonds. The predicted octanol–water partition coefficient (Wildman–Crippen LogP) is 4.05. The fraction of sp³-hybridized carbons (Fsp3) is 0.105. The first-order chi connectivity index (χ1) is 11.3. The van der Waals surface area contributed by atoms with Crippen LogP contribution in [0.5, 0.6) is 0 Å². The molecule has 0 unspecified atom stereocenters. The molecular weight excluding hydrogens is 308 g/mol. The van der Waals surface area contributed by atoms with Gasteiger partial charge in [-0.2, -0.15) is 0 Å². The molecule has 1 aromatic heterocycles. The van der Waals surface area contributed by atoms with Gasteiger partial charge in [0, 0.05) is 24.0 Å². The third-order valence-corrected chi connectivity index (χ3v) is 4.07. The highest BCUT2D eigenvalue weighted by atomic mass is 35.5. The summed E-state index contributed by atoms with van der Waals surface area (Å²) >= 11 is 6.15. The van der Waals surface area contributed by atoms with Crippen LogP contribution in [0.15, 0.2) is 79.1 Å². The quantitative estimate of drug-likeness (QED) is 0.755. The first-order valence-corrected chi connectivity index (χ1v) is 7.82. The zero-order valence-corrected chi connectivity index (χ0v) is 13.3. The summed E-state index contributed by atoms with van der Waals surface area (Å²) < 4.78 is 1.90. The molecule has 3 nitrogen and oxygen atoms in total. The Morgan fingerprint density at radius 3 is 2.30 bits per heavy atom. The fourth-order valence-electron chi connectivity index (χ4n) is 2.53. The fourth-order valence-corrected chi connectivity index (χ4v) is 2.74. The van der Waals surface area contributed by atoms with Crippen LogP contribution >= 0.6 is 11.6 Å². The van der Waals surface area contributed by atoms with Crippen LogP contribution in [0.3, 0.4) is 0 Å². The summed E-state index contributed by atoms with van der Waals surface area (Å²) in [5.74, 6) is -0.0627. The number of aromatic nitrogens is 1. The van der Waals surface area contributed by atoms with Crippen molar-refractivity contribution >= 4 is 17.5 Å². The first-order valence-electron chi connectivity index (χ1n) is 7.44. The highest BCUT2D eigenvalue weighted by Crippen LogP contribution is 2.20. The Morgan fingerprint density at radius 2 is 1.61 bits per heavy atom. The van der Waals surface area contributed by atoms with Crippen LogP contribution in [-0.4, -0.2) is 10.5 Å². The minimum atomic E-state index is -0.395. The van der Waals surface area contributed by atoms with Crippen LogP contribution in [-0.2, 0) is 11.3 Å². The Morgan fingerprint density at radius 1 is 0.957 bits per heavy atom. The Hall–Kier alpha value is -2.52. The van der Waals surface area contributed by atoms with E-state index in [1.807, 2.05) is 83.7 Å². The number of amides is 1. The summed E-state index contributed by atoms with van der Waals surface area (Å²) in [6.45, 7) is 0.406. The molecule has 3 rings (SSSR count). The summed E-state index contributed by atoms with van der Waals surface area (Å²) in [5.41, 5.74) is 1.85. The minimum Gasteiger partial charge on any atom is -0.350 e. The third-order valence-electron chi connectivity index (χ3n) is 3.70. The number of benzene rings is 2. The standard InChI is InChI=1S/C19H17ClN2O/c20-17-11-5-4-10-16(17)14-21-19(23)18(22-12-6-7-13-22)15-8-2-1-3-9-15/h1-13,18H,14H2,(H,21,23)/t18-/m0/s1. The van der Waals surface area contributed by atoms with E-state index in [9.17, 15) is 4.79 Å². The van der Waals surface area contributed by atoms with E-state index in [1.54, 1.807) is 0 Å². The Kier molecular flexibility index (Phi) is 4.79. The monoisotopic (exact) mass is 324 g/mol. The van der Waals surface area contributed by atoms with Gasteiger partial charge in [-0.1, -0.05) is 60.1 Å². The first kappa shape index (κ1) is 15.4. The van der Waals surface area contributed by atoms with Crippen LogP contribution in [0.25, 0.3) is 0 Å². The molecule has 0 spiro atoms. The van der Waals surface area contributed by atoms with Crippen LogP contribution < -0.4 is 5.32 Å². The highest BCUT2D eigenvalue weighted by Gasteiger charge is 2.21. The average Bonchev–Trinajstić information content (AvgIpc) is 3.09. The summed E-state index contributed by atoms with van der Waals surface area (Å²) in [7, 11) is 0. The molecule has 1 atom stereocenters. The van der Waals surface area contributed by atoms with Crippen LogP contribution in [0.4, 0.5) is 0 Å². The van der Waals surface area contributed by atoms with Crippen LogP contribution in [0.2, 0.25) is 5.02 Å². The molecule has 116 valence electrons. The lowest BCUT2D eigenvalue weighted by molar-refractivity contribution is -0.123. The molecule has 0 aliphatic carbocycles. The van der Waals surface area contributed by atoms with Gasteiger partial charge in [-0.25, -0.2) is 0 Å². The van der Waals surface area contributed by atoms with Crippen molar-refractivity contribution in [2.24, 2.45) is 0 Å². The topological polar surface area (TPSA) is 34.0 Å². The van der Waals surface area contributed by atoms with Crippen LogP contribution in [0.1, 0.15) is 17.2 Å². The number of nitrogens with one attached hydrogen (secondary N) is 1. The molecule has 0 bridgehead atoms. The summed E-state index contributed by atoms with van der Waals surface area (Å²) in [4.78, 5) is 12.8. The van der Waals surface area contributed by atoms with Gasteiger partial charge in [0.1, 0.15) is 6.04 Å². The van der Waals surface area contributed by atoms with E-state index >= 15 is 0 Å². The maximum Gasteiger partial charge on any atom is 0.247 e. The molecular formula is C19H17ClN2O. The van der Waals surface area contributed by atoms with E-state index in [0.29, 0.717) is 11.6 Å². The smallest absolute Gasteiger partial charge is 0.247 e. The molecule has 3 aromatic rings. The van der Waals surface area contributed by atoms with Gasteiger partial charge in [0.2, 0.25) is 5.91 Å². The van der Waals surface area contributed by atoms with Crippen molar-refractivity contribution in [3.63, 3.8) is 0 Å². The van der Waals surface area contributed by atoms with E-state index in [0.717, 1.165) is 11.1 Å². The van der Waals surface area contributed by atoms with E-state index in [1.165, 1.54) is 0 Å². The van der Waals surface area contributed by atoms with Gasteiger partial charge in [-0.3, -0.25) is 4.79 Å². The Balaban J connectivity index is 1.80. The van der Waals surface area contributed by atoms with Gasteiger partial charge >= 0.3 is 0 Å². The van der Waals surface area contributed by atoms with E-state index < -0.39 is 6.04 Å². The SMILES string of the molecule is O=C(NCc1ccccc1Cl)[C@H](c1ccccc1)n1cccc1. The lowest BCUT2D eigenvalue weighted by Gasteiger charge is -2.19. The zero-order valence-electron chi connectivity index (χ0n) is 12.5. The van der Waals surface area contributed by atoms with Gasteiger partial charge in [0.05, 0.1) is 0 Å². The van der Waals surface area contributed by atoms with Gasteiger partial charge in [0.15, 0.2) is 0 Å². The maximum absolute atomic E-state index is 12.8. The number of nitrogens with zero attached hydrogens (tertiary/aromatic N) is 1. The zero-order chi connectivity index (χ0) is 16.1. The lowest BCUT2D eigenvalue weighted by Crippen LogP contribution is -2.32. The molecule has 0 saturated carbocycles. The number of hydrogen-bond acceptors (Lipinski definition) is 1. The molecule has 4 heteroatoms. The number of carbonyl (C=O) groups excluding carboxylic acids is 1. The third kappa shape index (κ3) is 3.63. The number of halogens is 1. The van der Waals surface area contributed by atoms with E-state index in [4.69, 9.17) is 11.6 Å². The van der Waals surface area contributed by atoms with Crippen LogP contribution in [0, 0.1) is 0 Å². The molecule has 23 heavy (non-hydrogen) atoms. The normalized spacial score (nSPS) is 11.9. The van der Waals surface area contributed by atoms with Crippen molar-refractivity contribution in [1.82, 2.24) is 9.88 Å². The second kappa shape index (κ2) is 7.16. The van der Waals surface area contributed by atoms with Crippen molar-refractivity contribution in [3.05, 3.63) is 95.3 Å². The van der Waals surface area contributed by atoms with Crippen molar-refractivity contribution in [2.45, 2.75) is 12.6 Å². The molecule has 1 heterocycles. The van der Waals surface area contributed by atoms with Gasteiger partial charge < -0.3 is 9.88 Å². The van der Waals surface area contributed by atoms with Gasteiger partial charge in [-0.15, -0.1) is 0 Å². The highest BCUT2D eigenvalue weighted by molar-refractivity contribution is 6.31. The largest absolute Gasteiger partial charge is 0.350 e. The molecule has 1 N–H and O–H groups in total. The number of carbonyl (C=O) groups is 1. The molecule has 0 saturated heterocycles. The summed E-state index contributed by atoms with van der Waals surface area (Å²) in [5, 5.41) is 3.64. The molecule has 0 aliphatic rings. The second-order valence-electron chi connectivity index (χ2n) is 5.25. The summed E-state index contributed by atoms with van der Waals surface area (Å²) in [6.07, 6.45) is 3.79. The second-order valence-corrected chi connectivity index (χ2v) is 5.66. The van der Waals surface area contributed by atoms with Gasteiger partial charge in [0.25, 0.3) is 0 Å². The molecule has 2 aromatic carbocycles. The molecule has 0 fully saturated rings. The van der Waals surface area contributed by atoms with E-state index in [2.05, 4.69) is 5.32 Å². The van der Waals surface area contributed by atoms with Crippen molar-refractivity contribution in [3.8, 4) is 0 Å². The summed E-state index contributed by atoms with van der Waals surface area (Å²) in [6, 6.07) is 20.7. The van der Waals surface area contributed by atoms with Crippen molar-refractivity contribution in [1.29, 1.82) is 0 Å². The van der Waals surface area contributed by atoms with Gasteiger partial charge in [-0.05, 0) is 29.3 Å². The predicted molar refractivity (Wildman–Crippen MR) is 92.3 cm³/mol. The minimum absolute atomic E-state index is 0.0627. The van der Waals surface area contributed by atoms with E-state index in [-0.39, 0.29) is 5.91 Å². The number of hydrogen-bond donors (Lipinski definition) is 1. The van der Waals surface area contributed by atoms with Crippen molar-refractivity contribution < 1.29 is 4.79 Å². The Bertz CT molecular complexity index is 769.